The van der Waals surface area contributed by atoms with E-state index in [1.807, 2.05) is 20.8 Å². The molecular formula is C14H20ClN3O3S. The summed E-state index contributed by atoms with van der Waals surface area (Å²) >= 11 is 5.71. The van der Waals surface area contributed by atoms with Gasteiger partial charge in [-0.1, -0.05) is 11.6 Å². The fourth-order valence-corrected chi connectivity index (χ4v) is 3.46. The van der Waals surface area contributed by atoms with Crippen LogP contribution in [-0.2, 0) is 15.5 Å². The Hall–Kier alpha value is -1.21. The van der Waals surface area contributed by atoms with Crippen LogP contribution in [0.1, 0.15) is 27.2 Å². The summed E-state index contributed by atoms with van der Waals surface area (Å²) in [6.07, 6.45) is 3.36. The highest BCUT2D eigenvalue weighted by Crippen LogP contribution is 2.21. The normalized spacial score (nSPS) is 20.0. The molecule has 1 saturated heterocycles. The standard InChI is InChI=1S/C14H20ClN3O3S/c1-14(2,3)21-13(19)18-5-4-10(8-18)9-22(20)12-16-6-11(15)7-17-12/h6-7,10H,4-5,8-9H2,1-3H3/t10-,22-/m0/s1. The third-order valence-electron chi connectivity index (χ3n) is 3.12. The van der Waals surface area contributed by atoms with Crippen molar-refractivity contribution in [3.63, 3.8) is 0 Å². The molecule has 2 heterocycles. The van der Waals surface area contributed by atoms with E-state index in [0.29, 0.717) is 23.9 Å². The van der Waals surface area contributed by atoms with Gasteiger partial charge in [0, 0.05) is 18.8 Å². The summed E-state index contributed by atoms with van der Waals surface area (Å²) in [5.41, 5.74) is -0.505. The molecule has 0 N–H and O–H groups in total. The minimum Gasteiger partial charge on any atom is -0.444 e. The molecule has 6 nitrogen and oxygen atoms in total. The zero-order valence-corrected chi connectivity index (χ0v) is 14.5. The molecule has 22 heavy (non-hydrogen) atoms. The van der Waals surface area contributed by atoms with Crippen molar-refractivity contribution in [2.75, 3.05) is 18.8 Å². The summed E-state index contributed by atoms with van der Waals surface area (Å²) < 4.78 is 17.6. The second-order valence-electron chi connectivity index (χ2n) is 6.28. The maximum atomic E-state index is 12.2. The maximum Gasteiger partial charge on any atom is 0.410 e. The van der Waals surface area contributed by atoms with Gasteiger partial charge in [0.05, 0.1) is 28.2 Å². The number of ether oxygens (including phenoxy) is 1. The fourth-order valence-electron chi connectivity index (χ4n) is 2.17. The van der Waals surface area contributed by atoms with E-state index in [2.05, 4.69) is 9.97 Å². The first-order valence-corrected chi connectivity index (χ1v) is 8.78. The molecule has 1 amide bonds. The average Bonchev–Trinajstić information content (AvgIpc) is 2.86. The van der Waals surface area contributed by atoms with Crippen molar-refractivity contribution in [1.82, 2.24) is 14.9 Å². The second kappa shape index (κ2) is 6.91. The lowest BCUT2D eigenvalue weighted by Gasteiger charge is -2.24. The molecule has 2 rings (SSSR count). The van der Waals surface area contributed by atoms with Gasteiger partial charge in [-0.3, -0.25) is 4.21 Å². The third-order valence-corrected chi connectivity index (χ3v) is 4.71. The Morgan fingerprint density at radius 3 is 2.68 bits per heavy atom. The first-order chi connectivity index (χ1) is 10.2. The SMILES string of the molecule is CC(C)(C)OC(=O)N1CC[C@H](C[S@](=O)c2ncc(Cl)cn2)C1. The summed E-state index contributed by atoms with van der Waals surface area (Å²) in [6.45, 7) is 6.69. The number of rotatable bonds is 3. The number of likely N-dealkylation sites (tertiary alicyclic amines) is 1. The van der Waals surface area contributed by atoms with Crippen molar-refractivity contribution in [1.29, 1.82) is 0 Å². The first kappa shape index (κ1) is 17.1. The lowest BCUT2D eigenvalue weighted by Crippen LogP contribution is -2.35. The maximum absolute atomic E-state index is 12.2. The van der Waals surface area contributed by atoms with E-state index in [1.165, 1.54) is 12.4 Å². The lowest BCUT2D eigenvalue weighted by molar-refractivity contribution is 0.0289. The highest BCUT2D eigenvalue weighted by molar-refractivity contribution is 7.84. The van der Waals surface area contributed by atoms with Gasteiger partial charge in [0.25, 0.3) is 0 Å². The van der Waals surface area contributed by atoms with Crippen LogP contribution in [0.25, 0.3) is 0 Å². The van der Waals surface area contributed by atoms with Crippen LogP contribution < -0.4 is 0 Å². The predicted molar refractivity (Wildman–Crippen MR) is 84.2 cm³/mol. The summed E-state index contributed by atoms with van der Waals surface area (Å²) in [6, 6.07) is 0. The largest absolute Gasteiger partial charge is 0.444 e. The molecule has 2 atom stereocenters. The summed E-state index contributed by atoms with van der Waals surface area (Å²) in [4.78, 5) is 21.6. The van der Waals surface area contributed by atoms with E-state index < -0.39 is 16.4 Å². The van der Waals surface area contributed by atoms with E-state index in [9.17, 15) is 9.00 Å². The van der Waals surface area contributed by atoms with Gasteiger partial charge in [0.2, 0.25) is 5.16 Å². The van der Waals surface area contributed by atoms with Crippen molar-refractivity contribution in [3.05, 3.63) is 17.4 Å². The van der Waals surface area contributed by atoms with Gasteiger partial charge >= 0.3 is 6.09 Å². The van der Waals surface area contributed by atoms with Gasteiger partial charge < -0.3 is 9.64 Å². The van der Waals surface area contributed by atoms with Crippen molar-refractivity contribution >= 4 is 28.5 Å². The molecule has 1 aliphatic rings. The van der Waals surface area contributed by atoms with Gasteiger partial charge in [-0.05, 0) is 33.1 Å². The first-order valence-electron chi connectivity index (χ1n) is 7.08. The Morgan fingerprint density at radius 2 is 2.09 bits per heavy atom. The van der Waals surface area contributed by atoms with Gasteiger partial charge in [0.1, 0.15) is 5.60 Å². The monoisotopic (exact) mass is 345 g/mol. The van der Waals surface area contributed by atoms with Gasteiger partial charge in [-0.2, -0.15) is 0 Å². The van der Waals surface area contributed by atoms with Crippen LogP contribution in [-0.4, -0.2) is 49.6 Å². The number of amides is 1. The van der Waals surface area contributed by atoms with E-state index in [0.717, 1.165) is 6.42 Å². The molecule has 1 aromatic heterocycles. The summed E-state index contributed by atoms with van der Waals surface area (Å²) in [7, 11) is -1.29. The molecule has 0 unspecified atom stereocenters. The van der Waals surface area contributed by atoms with Gasteiger partial charge in [0.15, 0.2) is 0 Å². The average molecular weight is 346 g/mol. The molecule has 0 saturated carbocycles. The number of halogens is 1. The number of aromatic nitrogens is 2. The van der Waals surface area contributed by atoms with E-state index in [4.69, 9.17) is 16.3 Å². The molecule has 0 bridgehead atoms. The summed E-state index contributed by atoms with van der Waals surface area (Å²) in [5, 5.41) is 0.692. The van der Waals surface area contributed by atoms with Crippen molar-refractivity contribution < 1.29 is 13.7 Å². The Morgan fingerprint density at radius 1 is 1.45 bits per heavy atom. The van der Waals surface area contributed by atoms with Crippen LogP contribution in [0.3, 0.4) is 0 Å². The number of carbonyl (C=O) groups excluding carboxylic acids is 1. The number of hydrogen-bond acceptors (Lipinski definition) is 5. The number of nitrogens with zero attached hydrogens (tertiary/aromatic N) is 3. The topological polar surface area (TPSA) is 72.4 Å². The van der Waals surface area contributed by atoms with Crippen LogP contribution in [0.4, 0.5) is 4.79 Å². The van der Waals surface area contributed by atoms with Crippen molar-refractivity contribution in [2.45, 2.75) is 37.9 Å². The smallest absolute Gasteiger partial charge is 0.410 e. The van der Waals surface area contributed by atoms with Crippen LogP contribution in [0.15, 0.2) is 17.6 Å². The Balaban J connectivity index is 1.87. The molecule has 1 aliphatic heterocycles. The van der Waals surface area contributed by atoms with E-state index in [-0.39, 0.29) is 17.2 Å². The number of hydrogen-bond donors (Lipinski definition) is 0. The molecule has 1 aromatic rings. The molecular weight excluding hydrogens is 326 g/mol. The highest BCUT2D eigenvalue weighted by Gasteiger charge is 2.31. The minimum absolute atomic E-state index is 0.160. The van der Waals surface area contributed by atoms with Crippen LogP contribution in [0, 0.1) is 5.92 Å². The zero-order chi connectivity index (χ0) is 16.3. The zero-order valence-electron chi connectivity index (χ0n) is 12.9. The Labute approximate surface area is 137 Å². The van der Waals surface area contributed by atoms with Gasteiger partial charge in [-0.15, -0.1) is 0 Å². The van der Waals surface area contributed by atoms with Gasteiger partial charge in [-0.25, -0.2) is 14.8 Å². The highest BCUT2D eigenvalue weighted by atomic mass is 35.5. The van der Waals surface area contributed by atoms with Crippen LogP contribution >= 0.6 is 11.6 Å². The molecule has 0 aromatic carbocycles. The van der Waals surface area contributed by atoms with Crippen molar-refractivity contribution in [3.8, 4) is 0 Å². The van der Waals surface area contributed by atoms with Crippen LogP contribution in [0.2, 0.25) is 5.02 Å². The number of carbonyl (C=O) groups is 1. The Kier molecular flexibility index (Phi) is 5.39. The quantitative estimate of drug-likeness (QED) is 0.787. The fraction of sp³-hybridized carbons (Fsp3) is 0.643. The second-order valence-corrected chi connectivity index (χ2v) is 8.10. The molecule has 122 valence electrons. The molecule has 0 spiro atoms. The Bertz CT molecular complexity index is 559. The third kappa shape index (κ3) is 4.91. The minimum atomic E-state index is -1.29. The molecule has 8 heteroatoms. The van der Waals surface area contributed by atoms with Crippen molar-refractivity contribution in [2.24, 2.45) is 5.92 Å². The van der Waals surface area contributed by atoms with Crippen LogP contribution in [0.5, 0.6) is 0 Å². The summed E-state index contributed by atoms with van der Waals surface area (Å²) in [5.74, 6) is 0.591. The predicted octanol–water partition coefficient (Wildman–Crippen LogP) is 2.49. The van der Waals surface area contributed by atoms with E-state index in [1.54, 1.807) is 4.90 Å². The van der Waals surface area contributed by atoms with E-state index >= 15 is 0 Å². The molecule has 1 fully saturated rings. The molecule has 0 radical (unpaired) electrons. The lowest BCUT2D eigenvalue weighted by atomic mass is 10.2. The molecule has 0 aliphatic carbocycles.